The average molecular weight is 237 g/mol. The summed E-state index contributed by atoms with van der Waals surface area (Å²) >= 11 is 0. The number of hydrogen-bond donors (Lipinski definition) is 1. The van der Waals surface area contributed by atoms with Crippen molar-refractivity contribution in [2.75, 3.05) is 29.9 Å². The van der Waals surface area contributed by atoms with E-state index in [1.54, 1.807) is 6.20 Å². The summed E-state index contributed by atoms with van der Waals surface area (Å²) < 4.78 is 0. The maximum Gasteiger partial charge on any atom is 0.244 e. The van der Waals surface area contributed by atoms with Gasteiger partial charge in [-0.2, -0.15) is 10.1 Å². The summed E-state index contributed by atoms with van der Waals surface area (Å²) in [5, 5.41) is 11.2. The zero-order valence-corrected chi connectivity index (χ0v) is 11.1. The molecule has 0 atom stereocenters. The van der Waals surface area contributed by atoms with Gasteiger partial charge in [0.1, 0.15) is 0 Å². The number of nitrogens with zero attached hydrogens (tertiary/aromatic N) is 4. The van der Waals surface area contributed by atoms with Gasteiger partial charge >= 0.3 is 0 Å². The van der Waals surface area contributed by atoms with Crippen molar-refractivity contribution in [2.24, 2.45) is 0 Å². The molecule has 0 unspecified atom stereocenters. The topological polar surface area (TPSA) is 53.9 Å². The number of anilines is 2. The molecule has 0 aromatic carbocycles. The summed E-state index contributed by atoms with van der Waals surface area (Å²) in [6, 6.07) is 0. The summed E-state index contributed by atoms with van der Waals surface area (Å²) in [7, 11) is 0. The molecule has 0 fully saturated rings. The molecule has 0 aliphatic heterocycles. The highest BCUT2D eigenvalue weighted by atomic mass is 15.3. The van der Waals surface area contributed by atoms with Gasteiger partial charge in [-0.3, -0.25) is 0 Å². The van der Waals surface area contributed by atoms with Gasteiger partial charge in [0, 0.05) is 19.6 Å². The molecule has 5 heteroatoms. The smallest absolute Gasteiger partial charge is 0.244 e. The largest absolute Gasteiger partial charge is 0.356 e. The summed E-state index contributed by atoms with van der Waals surface area (Å²) in [5.74, 6) is 1.52. The molecule has 0 bridgehead atoms. The van der Waals surface area contributed by atoms with Gasteiger partial charge in [0.15, 0.2) is 5.82 Å². The van der Waals surface area contributed by atoms with Crippen LogP contribution in [0.4, 0.5) is 11.8 Å². The Morgan fingerprint density at radius 3 is 2.59 bits per heavy atom. The van der Waals surface area contributed by atoms with E-state index < -0.39 is 0 Å². The normalized spacial score (nSPS) is 10.3. The van der Waals surface area contributed by atoms with Crippen LogP contribution in [0.25, 0.3) is 0 Å². The lowest BCUT2D eigenvalue weighted by atomic mass is 10.2. The number of aromatic nitrogens is 3. The minimum absolute atomic E-state index is 0.630. The average Bonchev–Trinajstić information content (AvgIpc) is 2.37. The van der Waals surface area contributed by atoms with E-state index >= 15 is 0 Å². The third kappa shape index (κ3) is 4.54. The van der Waals surface area contributed by atoms with Gasteiger partial charge in [0.2, 0.25) is 5.95 Å². The summed E-state index contributed by atoms with van der Waals surface area (Å²) in [4.78, 5) is 6.61. The van der Waals surface area contributed by atoms with Crippen molar-refractivity contribution in [3.05, 3.63) is 6.20 Å². The monoisotopic (exact) mass is 237 g/mol. The first-order valence-electron chi connectivity index (χ1n) is 6.50. The van der Waals surface area contributed by atoms with Crippen molar-refractivity contribution in [2.45, 2.75) is 40.0 Å². The van der Waals surface area contributed by atoms with E-state index in [-0.39, 0.29) is 0 Å². The van der Waals surface area contributed by atoms with Gasteiger partial charge in [-0.1, -0.05) is 19.8 Å². The minimum atomic E-state index is 0.630. The Morgan fingerprint density at radius 1 is 1.18 bits per heavy atom. The predicted octanol–water partition coefficient (Wildman–Crippen LogP) is 2.32. The maximum atomic E-state index is 4.45. The van der Waals surface area contributed by atoms with Gasteiger partial charge in [0.25, 0.3) is 0 Å². The number of unbranched alkanes of at least 4 members (excludes halogenated alkanes) is 2. The molecule has 1 aromatic heterocycles. The second-order valence-corrected chi connectivity index (χ2v) is 3.94. The molecule has 17 heavy (non-hydrogen) atoms. The van der Waals surface area contributed by atoms with E-state index in [0.717, 1.165) is 31.9 Å². The van der Waals surface area contributed by atoms with E-state index in [1.165, 1.54) is 12.8 Å². The van der Waals surface area contributed by atoms with Crippen molar-refractivity contribution in [1.82, 2.24) is 15.2 Å². The van der Waals surface area contributed by atoms with E-state index in [0.29, 0.717) is 5.95 Å². The molecule has 0 aliphatic rings. The summed E-state index contributed by atoms with van der Waals surface area (Å²) in [6.07, 6.45) is 5.32. The molecule has 1 N–H and O–H groups in total. The minimum Gasteiger partial charge on any atom is -0.356 e. The van der Waals surface area contributed by atoms with Crippen LogP contribution < -0.4 is 10.2 Å². The van der Waals surface area contributed by atoms with E-state index in [4.69, 9.17) is 0 Å². The molecule has 0 saturated carbocycles. The standard InChI is InChI=1S/C12H23N5/c1-4-7-8-9-13-12-15-11(10-14-16-12)17(5-2)6-3/h10H,4-9H2,1-3H3,(H,13,15,16). The first kappa shape index (κ1) is 13.7. The fourth-order valence-electron chi connectivity index (χ4n) is 1.64. The quantitative estimate of drug-likeness (QED) is 0.703. The second kappa shape index (κ2) is 7.81. The van der Waals surface area contributed by atoms with Crippen molar-refractivity contribution < 1.29 is 0 Å². The van der Waals surface area contributed by atoms with Crippen LogP contribution in [0, 0.1) is 0 Å². The first-order valence-corrected chi connectivity index (χ1v) is 6.50. The lowest BCUT2D eigenvalue weighted by molar-refractivity contribution is 0.737. The Hall–Kier alpha value is -1.39. The van der Waals surface area contributed by atoms with Crippen LogP contribution in [0.3, 0.4) is 0 Å². The molecule has 0 amide bonds. The third-order valence-corrected chi connectivity index (χ3v) is 2.70. The molecule has 0 radical (unpaired) electrons. The number of hydrogen-bond acceptors (Lipinski definition) is 5. The molecular weight excluding hydrogens is 214 g/mol. The molecule has 5 nitrogen and oxygen atoms in total. The number of nitrogens with one attached hydrogen (secondary N) is 1. The second-order valence-electron chi connectivity index (χ2n) is 3.94. The Labute approximate surface area is 104 Å². The zero-order valence-electron chi connectivity index (χ0n) is 11.1. The molecule has 0 aliphatic carbocycles. The zero-order chi connectivity index (χ0) is 12.5. The molecular formula is C12H23N5. The van der Waals surface area contributed by atoms with Gasteiger partial charge in [0.05, 0.1) is 6.20 Å². The van der Waals surface area contributed by atoms with E-state index in [1.807, 2.05) is 0 Å². The molecule has 1 aromatic rings. The van der Waals surface area contributed by atoms with Crippen molar-refractivity contribution in [3.63, 3.8) is 0 Å². The Balaban J connectivity index is 2.53. The van der Waals surface area contributed by atoms with Gasteiger partial charge in [-0.25, -0.2) is 0 Å². The van der Waals surface area contributed by atoms with E-state index in [2.05, 4.69) is 46.2 Å². The van der Waals surface area contributed by atoms with Crippen LogP contribution in [0.15, 0.2) is 6.20 Å². The van der Waals surface area contributed by atoms with E-state index in [9.17, 15) is 0 Å². The Morgan fingerprint density at radius 2 is 1.94 bits per heavy atom. The fourth-order valence-corrected chi connectivity index (χ4v) is 1.64. The fraction of sp³-hybridized carbons (Fsp3) is 0.750. The predicted molar refractivity (Wildman–Crippen MR) is 71.4 cm³/mol. The summed E-state index contributed by atoms with van der Waals surface area (Å²) in [6.45, 7) is 9.20. The molecule has 1 heterocycles. The summed E-state index contributed by atoms with van der Waals surface area (Å²) in [5.41, 5.74) is 0. The van der Waals surface area contributed by atoms with Crippen molar-refractivity contribution in [1.29, 1.82) is 0 Å². The Bertz CT molecular complexity index is 312. The van der Waals surface area contributed by atoms with Gasteiger partial charge < -0.3 is 10.2 Å². The lowest BCUT2D eigenvalue weighted by Crippen LogP contribution is -2.23. The maximum absolute atomic E-state index is 4.45. The van der Waals surface area contributed by atoms with Crippen LogP contribution in [0.2, 0.25) is 0 Å². The van der Waals surface area contributed by atoms with Gasteiger partial charge in [-0.15, -0.1) is 5.10 Å². The lowest BCUT2D eigenvalue weighted by Gasteiger charge is -2.19. The van der Waals surface area contributed by atoms with Gasteiger partial charge in [-0.05, 0) is 20.3 Å². The number of rotatable bonds is 8. The Kier molecular flexibility index (Phi) is 6.29. The SMILES string of the molecule is CCCCCNc1nncc(N(CC)CC)n1. The highest BCUT2D eigenvalue weighted by Crippen LogP contribution is 2.09. The molecule has 1 rings (SSSR count). The highest BCUT2D eigenvalue weighted by Gasteiger charge is 2.05. The van der Waals surface area contributed by atoms with Crippen LogP contribution in [-0.2, 0) is 0 Å². The van der Waals surface area contributed by atoms with Crippen LogP contribution in [0.1, 0.15) is 40.0 Å². The molecule has 0 saturated heterocycles. The van der Waals surface area contributed by atoms with Crippen LogP contribution in [-0.4, -0.2) is 34.8 Å². The van der Waals surface area contributed by atoms with Crippen LogP contribution in [0.5, 0.6) is 0 Å². The highest BCUT2D eigenvalue weighted by molar-refractivity contribution is 5.39. The van der Waals surface area contributed by atoms with Crippen LogP contribution >= 0.6 is 0 Å². The van der Waals surface area contributed by atoms with Crippen molar-refractivity contribution >= 4 is 11.8 Å². The molecule has 96 valence electrons. The molecule has 0 spiro atoms. The van der Waals surface area contributed by atoms with Crippen molar-refractivity contribution in [3.8, 4) is 0 Å². The third-order valence-electron chi connectivity index (χ3n) is 2.70. The first-order chi connectivity index (χ1) is 8.31.